The molecule has 48 heavy (non-hydrogen) atoms. The van der Waals surface area contributed by atoms with Crippen LogP contribution in [0.5, 0.6) is 0 Å². The van der Waals surface area contributed by atoms with Crippen LogP contribution in [0.25, 0.3) is 51.6 Å². The maximum Gasteiger partial charge on any atom is 0.164 e. The third-order valence-electron chi connectivity index (χ3n) is 10.4. The Bertz CT molecular complexity index is 2100. The minimum absolute atomic E-state index is 0. The molecule has 4 heterocycles. The molecule has 0 spiro atoms. The van der Waals surface area contributed by atoms with Crippen LogP contribution in [0.2, 0.25) is 0 Å². The van der Waals surface area contributed by atoms with Crippen LogP contribution in [0.1, 0.15) is 99.1 Å². The molecule has 257 valence electrons. The molecule has 0 fully saturated rings. The van der Waals surface area contributed by atoms with Crippen molar-refractivity contribution in [3.05, 3.63) is 76.3 Å². The summed E-state index contributed by atoms with van der Waals surface area (Å²) in [5.41, 5.74) is 4.34. The summed E-state index contributed by atoms with van der Waals surface area (Å²) in [4.78, 5) is 17.1. The molecule has 0 amide bonds. The molecule has 0 aliphatic carbocycles. The summed E-state index contributed by atoms with van der Waals surface area (Å²) in [5.74, 6) is 0.286. The van der Waals surface area contributed by atoms with Gasteiger partial charge in [0.2, 0.25) is 0 Å². The zero-order valence-corrected chi connectivity index (χ0v) is 34.7. The van der Waals surface area contributed by atoms with Crippen molar-refractivity contribution in [2.75, 3.05) is 0 Å². The van der Waals surface area contributed by atoms with Crippen LogP contribution in [0.4, 0.5) is 0 Å². The number of thiophene rings is 3. The van der Waals surface area contributed by atoms with E-state index in [2.05, 4.69) is 74.9 Å². The van der Waals surface area contributed by atoms with Gasteiger partial charge in [0.15, 0.2) is 5.78 Å². The van der Waals surface area contributed by atoms with Crippen molar-refractivity contribution in [2.45, 2.75) is 100 Å². The predicted molar refractivity (Wildman–Crippen MR) is 209 cm³/mol. The van der Waals surface area contributed by atoms with Gasteiger partial charge in [-0.15, -0.1) is 46.3 Å². The average molecular weight is 875 g/mol. The number of allylic oxidation sites excluding steroid dienone is 2. The quantitative estimate of drug-likeness (QED) is 0.0941. The molecule has 1 radical (unpaired) electrons. The van der Waals surface area contributed by atoms with Crippen LogP contribution in [-0.4, -0.2) is 15.9 Å². The number of rotatable bonds is 8. The van der Waals surface area contributed by atoms with E-state index in [9.17, 15) is 9.90 Å². The summed E-state index contributed by atoms with van der Waals surface area (Å²) in [6.07, 6.45) is 6.71. The number of fused-ring (bicyclic) bond motifs is 6. The number of hydrogen-bond donors (Lipinski definition) is 1. The number of benzene rings is 2. The summed E-state index contributed by atoms with van der Waals surface area (Å²) >= 11 is 5.53. The molecule has 0 bridgehead atoms. The van der Waals surface area contributed by atoms with Gasteiger partial charge in [0.05, 0.1) is 0 Å². The predicted octanol–water partition coefficient (Wildman–Crippen LogP) is 13.6. The zero-order chi connectivity index (χ0) is 34.3. The van der Waals surface area contributed by atoms with Gasteiger partial charge in [-0.2, -0.15) is 11.3 Å². The molecule has 7 heteroatoms. The largest absolute Gasteiger partial charge is 0.512 e. The van der Waals surface area contributed by atoms with E-state index in [1.165, 1.54) is 57.5 Å². The maximum absolute atomic E-state index is 12.2. The normalized spacial score (nSPS) is 12.8. The Hall–Kier alpha value is -2.41. The second kappa shape index (κ2) is 14.8. The minimum atomic E-state index is -0.337. The number of aromatic nitrogens is 1. The Labute approximate surface area is 311 Å². The fraction of sp³-hybridized carbons (Fsp3) is 0.415. The summed E-state index contributed by atoms with van der Waals surface area (Å²) in [5, 5.41) is 19.7. The van der Waals surface area contributed by atoms with Gasteiger partial charge in [0, 0.05) is 68.4 Å². The first-order valence-electron chi connectivity index (χ1n) is 16.8. The van der Waals surface area contributed by atoms with E-state index in [0.29, 0.717) is 0 Å². The van der Waals surface area contributed by atoms with E-state index in [1.54, 1.807) is 0 Å². The summed E-state index contributed by atoms with van der Waals surface area (Å²) in [7, 11) is 0. The molecule has 0 unspecified atom stereocenters. The molecule has 0 saturated carbocycles. The average Bonchev–Trinajstić information content (AvgIpc) is 3.79. The van der Waals surface area contributed by atoms with Crippen molar-refractivity contribution in [1.29, 1.82) is 0 Å². The van der Waals surface area contributed by atoms with Crippen LogP contribution in [0, 0.1) is 23.8 Å². The third-order valence-corrected chi connectivity index (χ3v) is 13.6. The molecule has 1 N–H and O–H groups in total. The number of pyridine rings is 1. The number of aryl methyl sites for hydroxylation is 1. The molecule has 0 saturated heterocycles. The molecule has 4 aromatic heterocycles. The Balaban J connectivity index is 0.000000251. The van der Waals surface area contributed by atoms with Crippen molar-refractivity contribution < 1.29 is 30.0 Å². The summed E-state index contributed by atoms with van der Waals surface area (Å²) < 4.78 is 5.37. The van der Waals surface area contributed by atoms with Gasteiger partial charge in [-0.05, 0) is 82.0 Å². The zero-order valence-electron chi connectivity index (χ0n) is 29.9. The van der Waals surface area contributed by atoms with Gasteiger partial charge >= 0.3 is 0 Å². The van der Waals surface area contributed by atoms with Gasteiger partial charge in [0.1, 0.15) is 5.76 Å². The van der Waals surface area contributed by atoms with Gasteiger partial charge in [-0.25, -0.2) is 0 Å². The Morgan fingerprint density at radius 3 is 2.17 bits per heavy atom. The SMILES string of the molecule is CCC(C)(CC)C(=O)/C=C(\O)C(C)(CC)CC.Cc1csc2ccc3c(sc4ccnc(-c5[c-]c6ccsc6c(C(C)(C)C)c5)c43)c12.[Ir]. The van der Waals surface area contributed by atoms with Crippen molar-refractivity contribution in [2.24, 2.45) is 10.8 Å². The number of aliphatic hydroxyl groups is 1. The number of aliphatic hydroxyl groups excluding tert-OH is 1. The van der Waals surface area contributed by atoms with E-state index in [1.807, 2.05) is 81.7 Å². The van der Waals surface area contributed by atoms with Crippen LogP contribution in [0.15, 0.2) is 59.1 Å². The van der Waals surface area contributed by atoms with E-state index in [0.717, 1.165) is 36.9 Å². The Morgan fingerprint density at radius 2 is 1.54 bits per heavy atom. The number of ketones is 1. The minimum Gasteiger partial charge on any atom is -0.512 e. The van der Waals surface area contributed by atoms with E-state index >= 15 is 0 Å². The van der Waals surface area contributed by atoms with Crippen LogP contribution < -0.4 is 0 Å². The second-order valence-electron chi connectivity index (χ2n) is 14.3. The molecule has 0 aliphatic heterocycles. The van der Waals surface area contributed by atoms with Gasteiger partial charge in [-0.1, -0.05) is 79.5 Å². The molecule has 2 aromatic carbocycles. The monoisotopic (exact) mass is 875 g/mol. The fourth-order valence-electron chi connectivity index (χ4n) is 6.03. The van der Waals surface area contributed by atoms with Gasteiger partial charge < -0.3 is 5.11 Å². The molecule has 3 nitrogen and oxygen atoms in total. The maximum atomic E-state index is 12.2. The van der Waals surface area contributed by atoms with Crippen LogP contribution >= 0.6 is 34.0 Å². The first-order chi connectivity index (χ1) is 22.2. The Morgan fingerprint density at radius 1 is 0.875 bits per heavy atom. The smallest absolute Gasteiger partial charge is 0.164 e. The number of carbonyl (C=O) groups is 1. The van der Waals surface area contributed by atoms with Gasteiger partial charge in [-0.3, -0.25) is 9.78 Å². The van der Waals surface area contributed by atoms with Crippen molar-refractivity contribution in [3.8, 4) is 11.3 Å². The molecule has 6 rings (SSSR count). The molecular formula is C41H48IrNO2S3-. The first kappa shape index (κ1) is 38.4. The molecular weight excluding hydrogens is 827 g/mol. The molecule has 0 atom stereocenters. The van der Waals surface area contributed by atoms with Crippen LogP contribution in [-0.2, 0) is 30.3 Å². The van der Waals surface area contributed by atoms with E-state index in [4.69, 9.17) is 4.98 Å². The standard InChI is InChI=1S/C26H20NS3.C15H28O2.Ir/c1-14-13-29-19-6-5-17-22-20(30-25(17)21(14)19)7-9-27-23(22)16-11-15-8-10-28-24(15)18(12-16)26(2,3)4;1-7-14(5,8-2)12(16)11-13(17)15(6,9-3)10-4;/h5-10,12-13H,1-4H3;11,16H,7-10H2,1-6H3;/q-1;;/b;12-11-;. The fourth-order valence-corrected chi connectivity index (χ4v) is 9.43. The number of hydrogen-bond acceptors (Lipinski definition) is 6. The van der Waals surface area contributed by atoms with Crippen LogP contribution in [0.3, 0.4) is 0 Å². The summed E-state index contributed by atoms with van der Waals surface area (Å²) in [6.45, 7) is 21.2. The van der Waals surface area contributed by atoms with Crippen molar-refractivity contribution >= 4 is 80.1 Å². The third kappa shape index (κ3) is 7.09. The molecule has 6 aromatic rings. The van der Waals surface area contributed by atoms with E-state index in [-0.39, 0.29) is 47.9 Å². The Kier molecular flexibility index (Phi) is 11.9. The number of carbonyl (C=O) groups excluding carboxylic acids is 1. The second-order valence-corrected chi connectivity index (χ2v) is 17.2. The van der Waals surface area contributed by atoms with Crippen molar-refractivity contribution in [3.63, 3.8) is 0 Å². The topological polar surface area (TPSA) is 50.2 Å². The molecule has 0 aliphatic rings. The van der Waals surface area contributed by atoms with Crippen molar-refractivity contribution in [1.82, 2.24) is 4.98 Å². The first-order valence-corrected chi connectivity index (χ1v) is 19.4. The van der Waals surface area contributed by atoms with E-state index < -0.39 is 0 Å². The number of nitrogens with zero attached hydrogens (tertiary/aromatic N) is 1. The van der Waals surface area contributed by atoms with Gasteiger partial charge in [0.25, 0.3) is 0 Å². The summed E-state index contributed by atoms with van der Waals surface area (Å²) in [6, 6.07) is 14.9.